The summed E-state index contributed by atoms with van der Waals surface area (Å²) < 4.78 is 0. The quantitative estimate of drug-likeness (QED) is 0.876. The molecule has 0 radical (unpaired) electrons. The molecule has 0 unspecified atom stereocenters. The lowest BCUT2D eigenvalue weighted by atomic mass is 10.0. The average molecular weight is 315 g/mol. The lowest BCUT2D eigenvalue weighted by molar-refractivity contribution is 0.248. The molecule has 2 aromatic rings. The molecule has 0 atom stereocenters. The van der Waals surface area contributed by atoms with Gasteiger partial charge >= 0.3 is 6.03 Å². The maximum atomic E-state index is 12.0. The summed E-state index contributed by atoms with van der Waals surface area (Å²) in [5.41, 5.74) is 4.47. The predicted octanol–water partition coefficient (Wildman–Crippen LogP) is 4.49. The van der Waals surface area contributed by atoms with E-state index in [1.165, 1.54) is 35.3 Å². The van der Waals surface area contributed by atoms with Gasteiger partial charge in [-0.25, -0.2) is 9.78 Å². The number of rotatable bonds is 3. The molecule has 4 nitrogen and oxygen atoms in total. The van der Waals surface area contributed by atoms with E-state index in [1.807, 2.05) is 5.38 Å². The minimum atomic E-state index is -0.145. The molecule has 0 aliphatic heterocycles. The molecule has 3 rings (SSSR count). The number of thiazole rings is 1. The molecule has 22 heavy (non-hydrogen) atoms. The van der Waals surface area contributed by atoms with Crippen molar-refractivity contribution < 1.29 is 4.79 Å². The largest absolute Gasteiger partial charge is 0.335 e. The minimum Gasteiger partial charge on any atom is -0.335 e. The highest BCUT2D eigenvalue weighted by atomic mass is 32.1. The number of nitrogens with zero attached hydrogens (tertiary/aromatic N) is 1. The molecule has 1 saturated carbocycles. The van der Waals surface area contributed by atoms with Crippen molar-refractivity contribution in [2.24, 2.45) is 0 Å². The van der Waals surface area contributed by atoms with Crippen LogP contribution in [0.15, 0.2) is 23.6 Å². The lowest BCUT2D eigenvalue weighted by Gasteiger charge is -2.11. The molecule has 1 heterocycles. The molecule has 0 saturated heterocycles. The zero-order chi connectivity index (χ0) is 15.5. The molecular weight excluding hydrogens is 294 g/mol. The highest BCUT2D eigenvalue weighted by molar-refractivity contribution is 7.14. The van der Waals surface area contributed by atoms with Gasteiger partial charge in [-0.05, 0) is 32.3 Å². The summed E-state index contributed by atoms with van der Waals surface area (Å²) in [5.74, 6) is 0. The van der Waals surface area contributed by atoms with Gasteiger partial charge in [0.05, 0.1) is 5.69 Å². The monoisotopic (exact) mass is 315 g/mol. The number of aromatic nitrogens is 1. The van der Waals surface area contributed by atoms with Crippen molar-refractivity contribution in [2.45, 2.75) is 45.6 Å². The summed E-state index contributed by atoms with van der Waals surface area (Å²) in [6, 6.07) is 6.49. The Morgan fingerprint density at radius 1 is 1.27 bits per heavy atom. The average Bonchev–Trinajstić information content (AvgIpc) is 3.10. The molecule has 116 valence electrons. The number of hydrogen-bond acceptors (Lipinski definition) is 3. The van der Waals surface area contributed by atoms with Gasteiger partial charge in [-0.3, -0.25) is 5.32 Å². The van der Waals surface area contributed by atoms with Gasteiger partial charge in [0.15, 0.2) is 5.13 Å². The Hall–Kier alpha value is -1.88. The number of amides is 2. The number of carbonyl (C=O) groups is 1. The SMILES string of the molecule is Cc1ccc(-c2csc(NC(=O)NC3CCCC3)n2)c(C)c1. The van der Waals surface area contributed by atoms with Crippen molar-refractivity contribution in [3.63, 3.8) is 0 Å². The smallest absolute Gasteiger partial charge is 0.321 e. The van der Waals surface area contributed by atoms with Gasteiger partial charge in [0.1, 0.15) is 0 Å². The fraction of sp³-hybridized carbons (Fsp3) is 0.412. The van der Waals surface area contributed by atoms with E-state index in [2.05, 4.69) is 47.7 Å². The van der Waals surface area contributed by atoms with Crippen molar-refractivity contribution in [1.29, 1.82) is 0 Å². The number of urea groups is 1. The lowest BCUT2D eigenvalue weighted by Crippen LogP contribution is -2.36. The first-order valence-corrected chi connectivity index (χ1v) is 8.60. The third kappa shape index (κ3) is 3.47. The number of nitrogens with one attached hydrogen (secondary N) is 2. The van der Waals surface area contributed by atoms with Crippen LogP contribution >= 0.6 is 11.3 Å². The Morgan fingerprint density at radius 3 is 2.77 bits per heavy atom. The molecule has 1 aliphatic rings. The van der Waals surface area contributed by atoms with Crippen LogP contribution in [-0.2, 0) is 0 Å². The zero-order valence-electron chi connectivity index (χ0n) is 13.0. The van der Waals surface area contributed by atoms with Gasteiger partial charge in [0.2, 0.25) is 0 Å². The van der Waals surface area contributed by atoms with Gasteiger partial charge in [-0.15, -0.1) is 11.3 Å². The van der Waals surface area contributed by atoms with Gasteiger partial charge in [-0.2, -0.15) is 0 Å². The summed E-state index contributed by atoms with van der Waals surface area (Å²) in [6.45, 7) is 4.17. The molecular formula is C17H21N3OS. The Labute approximate surface area is 135 Å². The van der Waals surface area contributed by atoms with Gasteiger partial charge < -0.3 is 5.32 Å². The maximum absolute atomic E-state index is 12.0. The Balaban J connectivity index is 1.66. The molecule has 1 aromatic carbocycles. The maximum Gasteiger partial charge on any atom is 0.321 e. The summed E-state index contributed by atoms with van der Waals surface area (Å²) in [6.07, 6.45) is 4.58. The van der Waals surface area contributed by atoms with E-state index >= 15 is 0 Å². The van der Waals surface area contributed by atoms with Crippen LogP contribution in [-0.4, -0.2) is 17.1 Å². The fourth-order valence-corrected chi connectivity index (χ4v) is 3.65. The minimum absolute atomic E-state index is 0.145. The van der Waals surface area contributed by atoms with E-state index in [9.17, 15) is 4.79 Å². The Bertz CT molecular complexity index is 674. The normalized spacial score (nSPS) is 15.0. The van der Waals surface area contributed by atoms with Crippen LogP contribution in [0.3, 0.4) is 0 Å². The van der Waals surface area contributed by atoms with Crippen LogP contribution in [0.4, 0.5) is 9.93 Å². The van der Waals surface area contributed by atoms with E-state index in [1.54, 1.807) is 0 Å². The van der Waals surface area contributed by atoms with E-state index in [4.69, 9.17) is 0 Å². The summed E-state index contributed by atoms with van der Waals surface area (Å²) >= 11 is 1.46. The van der Waals surface area contributed by atoms with E-state index in [0.717, 1.165) is 24.1 Å². The molecule has 5 heteroatoms. The second-order valence-electron chi connectivity index (χ2n) is 5.94. The van der Waals surface area contributed by atoms with Crippen molar-refractivity contribution in [3.8, 4) is 11.3 Å². The molecule has 0 spiro atoms. The fourth-order valence-electron chi connectivity index (χ4n) is 2.94. The number of carbonyl (C=O) groups excluding carboxylic acids is 1. The summed E-state index contributed by atoms with van der Waals surface area (Å²) in [7, 11) is 0. The molecule has 1 aliphatic carbocycles. The van der Waals surface area contributed by atoms with E-state index in [0.29, 0.717) is 11.2 Å². The number of aryl methyl sites for hydroxylation is 2. The second-order valence-corrected chi connectivity index (χ2v) is 6.79. The summed E-state index contributed by atoms with van der Waals surface area (Å²) in [4.78, 5) is 16.5. The standard InChI is InChI=1S/C17H21N3OS/c1-11-7-8-14(12(2)9-11)15-10-22-17(19-15)20-16(21)18-13-5-3-4-6-13/h7-10,13H,3-6H2,1-2H3,(H2,18,19,20,21). The highest BCUT2D eigenvalue weighted by Gasteiger charge is 2.17. The van der Waals surface area contributed by atoms with Crippen LogP contribution in [0.5, 0.6) is 0 Å². The first-order chi connectivity index (χ1) is 10.6. The van der Waals surface area contributed by atoms with Crippen molar-refractivity contribution in [3.05, 3.63) is 34.7 Å². The van der Waals surface area contributed by atoms with Crippen LogP contribution < -0.4 is 10.6 Å². The van der Waals surface area contributed by atoms with Crippen molar-refractivity contribution in [2.75, 3.05) is 5.32 Å². The molecule has 2 N–H and O–H groups in total. The molecule has 1 fully saturated rings. The van der Waals surface area contributed by atoms with Gasteiger partial charge in [0.25, 0.3) is 0 Å². The molecule has 0 bridgehead atoms. The number of anilines is 1. The first kappa shape index (κ1) is 15.0. The second kappa shape index (κ2) is 6.48. The molecule has 1 aromatic heterocycles. The first-order valence-electron chi connectivity index (χ1n) is 7.72. The van der Waals surface area contributed by atoms with E-state index < -0.39 is 0 Å². The van der Waals surface area contributed by atoms with Crippen LogP contribution in [0.1, 0.15) is 36.8 Å². The van der Waals surface area contributed by atoms with Crippen LogP contribution in [0.2, 0.25) is 0 Å². The number of hydrogen-bond donors (Lipinski definition) is 2. The highest BCUT2D eigenvalue weighted by Crippen LogP contribution is 2.28. The van der Waals surface area contributed by atoms with Crippen LogP contribution in [0.25, 0.3) is 11.3 Å². The summed E-state index contributed by atoms with van der Waals surface area (Å²) in [5, 5.41) is 8.49. The van der Waals surface area contributed by atoms with Crippen molar-refractivity contribution in [1.82, 2.24) is 10.3 Å². The van der Waals surface area contributed by atoms with Crippen LogP contribution in [0, 0.1) is 13.8 Å². The van der Waals surface area contributed by atoms with Crippen molar-refractivity contribution >= 4 is 22.5 Å². The topological polar surface area (TPSA) is 54.0 Å². The zero-order valence-corrected chi connectivity index (χ0v) is 13.8. The Kier molecular flexibility index (Phi) is 4.43. The predicted molar refractivity (Wildman–Crippen MR) is 91.4 cm³/mol. The van der Waals surface area contributed by atoms with Gasteiger partial charge in [0, 0.05) is 17.0 Å². The third-order valence-corrected chi connectivity index (χ3v) is 4.83. The van der Waals surface area contributed by atoms with E-state index in [-0.39, 0.29) is 6.03 Å². The number of benzene rings is 1. The Morgan fingerprint density at radius 2 is 2.05 bits per heavy atom. The van der Waals surface area contributed by atoms with Gasteiger partial charge in [-0.1, -0.05) is 36.6 Å². The molecule has 2 amide bonds. The third-order valence-electron chi connectivity index (χ3n) is 4.07.